The second-order valence-electron chi connectivity index (χ2n) is 9.02. The lowest BCUT2D eigenvalue weighted by Crippen LogP contribution is -2.59. The Bertz CT molecular complexity index is 1290. The predicted octanol–water partition coefficient (Wildman–Crippen LogP) is 1.21. The minimum atomic E-state index is -1.68. The van der Waals surface area contributed by atoms with Gasteiger partial charge in [-0.1, -0.05) is 23.7 Å². The highest BCUT2D eigenvalue weighted by atomic mass is 35.5. The molecule has 0 aliphatic carbocycles. The van der Waals surface area contributed by atoms with Crippen LogP contribution in [0.2, 0.25) is 5.02 Å². The van der Waals surface area contributed by atoms with Crippen LogP contribution in [0, 0.1) is 0 Å². The molecule has 0 radical (unpaired) electrons. The van der Waals surface area contributed by atoms with Gasteiger partial charge in [-0.2, -0.15) is 0 Å². The van der Waals surface area contributed by atoms with Crippen molar-refractivity contribution in [3.05, 3.63) is 53.3 Å². The molecule has 1 aromatic heterocycles. The lowest BCUT2D eigenvalue weighted by Gasteiger charge is -2.28. The molecule has 0 saturated carbocycles. The third-order valence-electron chi connectivity index (χ3n) is 6.62. The molecular weight excluding hydrogens is 496 g/mol. The lowest BCUT2D eigenvalue weighted by atomic mass is 9.89. The van der Waals surface area contributed by atoms with Crippen molar-refractivity contribution in [3.63, 3.8) is 0 Å². The van der Waals surface area contributed by atoms with Gasteiger partial charge in [0.25, 0.3) is 11.8 Å². The molecule has 2 aliphatic heterocycles. The van der Waals surface area contributed by atoms with Crippen molar-refractivity contribution in [2.75, 3.05) is 44.6 Å². The predicted molar refractivity (Wildman–Crippen MR) is 142 cm³/mol. The Balaban J connectivity index is 1.25. The van der Waals surface area contributed by atoms with Crippen LogP contribution in [0.5, 0.6) is 5.75 Å². The fourth-order valence-electron chi connectivity index (χ4n) is 4.63. The summed E-state index contributed by atoms with van der Waals surface area (Å²) in [6.45, 7) is 5.68. The van der Waals surface area contributed by atoms with E-state index in [2.05, 4.69) is 35.8 Å². The zero-order chi connectivity index (χ0) is 25.8. The smallest absolute Gasteiger partial charge is 0.253 e. The van der Waals surface area contributed by atoms with Gasteiger partial charge in [-0.05, 0) is 30.7 Å². The lowest BCUT2D eigenvalue weighted by molar-refractivity contribution is -0.129. The van der Waals surface area contributed by atoms with E-state index in [1.165, 1.54) is 6.34 Å². The standard InChI is InChI=1S/C25H29ClN8O3/c26-17-14-16(37-13-3-10-34-11-8-28-9-12-34)6-7-18(17)31-22(35)21-25(23(27)36,30-15-29-21)24-32-19-4-1-2-5-20(19)33-24/h1-2,4-7,14-15,21,28H,3,8-13H2,(H2,27,36)(H,29,30)(H,31,35)(H,32,33). The van der Waals surface area contributed by atoms with Gasteiger partial charge in [0.1, 0.15) is 11.6 Å². The van der Waals surface area contributed by atoms with E-state index in [1.807, 2.05) is 18.2 Å². The van der Waals surface area contributed by atoms with Crippen LogP contribution in [-0.4, -0.2) is 78.4 Å². The Morgan fingerprint density at radius 1 is 1.22 bits per heavy atom. The second-order valence-corrected chi connectivity index (χ2v) is 9.43. The number of nitrogens with one attached hydrogen (secondary N) is 4. The van der Waals surface area contributed by atoms with Crippen LogP contribution in [0.1, 0.15) is 12.2 Å². The molecule has 6 N–H and O–H groups in total. The Morgan fingerprint density at radius 3 is 2.78 bits per heavy atom. The number of halogens is 1. The number of anilines is 1. The Hall–Kier alpha value is -3.67. The number of hydrogen-bond donors (Lipinski definition) is 5. The molecule has 2 aliphatic rings. The molecule has 2 aromatic carbocycles. The number of aliphatic imine (C=N–C) groups is 1. The van der Waals surface area contributed by atoms with Crippen molar-refractivity contribution in [2.45, 2.75) is 18.0 Å². The molecule has 1 saturated heterocycles. The molecule has 2 atom stereocenters. The maximum absolute atomic E-state index is 13.3. The molecular formula is C25H29ClN8O3. The number of aromatic amines is 1. The summed E-state index contributed by atoms with van der Waals surface area (Å²) in [5.41, 5.74) is 5.82. The molecule has 194 valence electrons. The number of nitrogens with two attached hydrogens (primary N) is 1. The van der Waals surface area contributed by atoms with E-state index >= 15 is 0 Å². The number of fused-ring (bicyclic) bond motifs is 1. The van der Waals surface area contributed by atoms with Crippen LogP contribution in [0.15, 0.2) is 47.5 Å². The average Bonchev–Trinajstić information content (AvgIpc) is 3.54. The summed E-state index contributed by atoms with van der Waals surface area (Å²) in [6, 6.07) is 11.1. The summed E-state index contributed by atoms with van der Waals surface area (Å²) in [6.07, 6.45) is 2.20. The second kappa shape index (κ2) is 10.8. The molecule has 0 bridgehead atoms. The van der Waals surface area contributed by atoms with E-state index in [0.29, 0.717) is 34.1 Å². The summed E-state index contributed by atoms with van der Waals surface area (Å²) in [7, 11) is 0. The van der Waals surface area contributed by atoms with Crippen molar-refractivity contribution in [1.82, 2.24) is 25.5 Å². The van der Waals surface area contributed by atoms with Gasteiger partial charge in [0.2, 0.25) is 5.54 Å². The summed E-state index contributed by atoms with van der Waals surface area (Å²) in [5.74, 6) is -0.543. The van der Waals surface area contributed by atoms with Crippen molar-refractivity contribution in [3.8, 4) is 5.75 Å². The maximum Gasteiger partial charge on any atom is 0.253 e. The minimum absolute atomic E-state index is 0.203. The van der Waals surface area contributed by atoms with E-state index < -0.39 is 23.4 Å². The number of H-pyrrole nitrogens is 1. The first kappa shape index (κ1) is 25.0. The van der Waals surface area contributed by atoms with Gasteiger partial charge in [0.15, 0.2) is 6.04 Å². The van der Waals surface area contributed by atoms with Crippen molar-refractivity contribution in [2.24, 2.45) is 10.7 Å². The van der Waals surface area contributed by atoms with Crippen molar-refractivity contribution < 1.29 is 14.3 Å². The number of amides is 2. The molecule has 12 heteroatoms. The Kier molecular flexibility index (Phi) is 7.26. The number of carbonyl (C=O) groups excluding carboxylic acids is 2. The number of ether oxygens (including phenoxy) is 1. The first-order valence-electron chi connectivity index (χ1n) is 12.2. The molecule has 1 fully saturated rings. The van der Waals surface area contributed by atoms with Crippen LogP contribution >= 0.6 is 11.6 Å². The van der Waals surface area contributed by atoms with E-state index in [1.54, 1.807) is 24.3 Å². The van der Waals surface area contributed by atoms with E-state index in [9.17, 15) is 9.59 Å². The number of hydrogen-bond acceptors (Lipinski definition) is 8. The number of piperazine rings is 1. The van der Waals surface area contributed by atoms with Gasteiger partial charge in [-0.15, -0.1) is 0 Å². The summed E-state index contributed by atoms with van der Waals surface area (Å²) < 4.78 is 5.84. The summed E-state index contributed by atoms with van der Waals surface area (Å²) in [4.78, 5) is 40.2. The summed E-state index contributed by atoms with van der Waals surface area (Å²) in [5, 5.41) is 9.26. The molecule has 37 heavy (non-hydrogen) atoms. The van der Waals surface area contributed by atoms with E-state index in [-0.39, 0.29) is 5.82 Å². The normalized spacial score (nSPS) is 21.6. The molecule has 0 spiro atoms. The fraction of sp³-hybridized carbons (Fsp3) is 0.360. The number of aromatic nitrogens is 2. The van der Waals surface area contributed by atoms with Gasteiger partial charge >= 0.3 is 0 Å². The number of primary amides is 1. The quantitative estimate of drug-likeness (QED) is 0.264. The third-order valence-corrected chi connectivity index (χ3v) is 6.93. The molecule has 2 unspecified atom stereocenters. The van der Waals surface area contributed by atoms with Gasteiger partial charge in [0, 0.05) is 38.8 Å². The van der Waals surface area contributed by atoms with Crippen LogP contribution in [0.3, 0.4) is 0 Å². The maximum atomic E-state index is 13.3. The number of nitrogens with zero attached hydrogens (tertiary/aromatic N) is 3. The number of para-hydroxylation sites is 2. The minimum Gasteiger partial charge on any atom is -0.493 e. The monoisotopic (exact) mass is 524 g/mol. The zero-order valence-corrected chi connectivity index (χ0v) is 20.9. The highest BCUT2D eigenvalue weighted by Crippen LogP contribution is 2.32. The average molecular weight is 525 g/mol. The molecule has 2 amide bonds. The molecule has 3 heterocycles. The number of benzene rings is 2. The highest BCUT2D eigenvalue weighted by Gasteiger charge is 2.54. The van der Waals surface area contributed by atoms with Gasteiger partial charge in [0.05, 0.1) is 34.7 Å². The van der Waals surface area contributed by atoms with E-state index in [0.717, 1.165) is 39.1 Å². The van der Waals surface area contributed by atoms with Crippen molar-refractivity contribution in [1.29, 1.82) is 0 Å². The van der Waals surface area contributed by atoms with Gasteiger partial charge < -0.3 is 36.3 Å². The highest BCUT2D eigenvalue weighted by molar-refractivity contribution is 6.34. The number of carbonyl (C=O) groups is 2. The molecule has 5 rings (SSSR count). The molecule has 3 aromatic rings. The van der Waals surface area contributed by atoms with Crippen LogP contribution < -0.4 is 26.4 Å². The third kappa shape index (κ3) is 5.10. The van der Waals surface area contributed by atoms with Crippen LogP contribution in [-0.2, 0) is 15.1 Å². The van der Waals surface area contributed by atoms with Crippen LogP contribution in [0.25, 0.3) is 11.0 Å². The number of imidazole rings is 1. The first-order chi connectivity index (χ1) is 18.0. The zero-order valence-electron chi connectivity index (χ0n) is 20.2. The molecule has 11 nitrogen and oxygen atoms in total. The summed E-state index contributed by atoms with van der Waals surface area (Å²) >= 11 is 6.44. The largest absolute Gasteiger partial charge is 0.493 e. The Morgan fingerprint density at radius 2 is 2.03 bits per heavy atom. The topological polar surface area (TPSA) is 150 Å². The van der Waals surface area contributed by atoms with Gasteiger partial charge in [-0.25, -0.2) is 4.98 Å². The number of rotatable bonds is 9. The SMILES string of the molecule is NC(=O)C1(c2nc3ccccc3[nH]2)NC=NC1C(=O)Nc1ccc(OCCCN2CCNCC2)cc1Cl. The van der Waals surface area contributed by atoms with Crippen LogP contribution in [0.4, 0.5) is 5.69 Å². The van der Waals surface area contributed by atoms with Crippen molar-refractivity contribution >= 4 is 46.5 Å². The van der Waals surface area contributed by atoms with E-state index in [4.69, 9.17) is 22.1 Å². The fourth-order valence-corrected chi connectivity index (χ4v) is 4.85. The first-order valence-corrected chi connectivity index (χ1v) is 12.6. The Labute approximate surface area is 218 Å². The van der Waals surface area contributed by atoms with Gasteiger partial charge in [-0.3, -0.25) is 14.6 Å².